The van der Waals surface area contributed by atoms with Crippen molar-refractivity contribution in [2.45, 2.75) is 49.3 Å². The van der Waals surface area contributed by atoms with Crippen molar-refractivity contribution in [3.8, 4) is 0 Å². The van der Waals surface area contributed by atoms with Crippen LogP contribution in [0.2, 0.25) is 0 Å². The number of anilines is 2. The summed E-state index contributed by atoms with van der Waals surface area (Å²) in [7, 11) is 3.96. The summed E-state index contributed by atoms with van der Waals surface area (Å²) in [5, 5.41) is 7.88. The molecule has 2 aliphatic rings. The number of nitrogens with zero attached hydrogens (tertiary/aromatic N) is 3. The van der Waals surface area contributed by atoms with E-state index >= 15 is 0 Å². The minimum atomic E-state index is -4.67. The molecule has 190 valence electrons. The first kappa shape index (κ1) is 25.8. The zero-order valence-electron chi connectivity index (χ0n) is 19.9. The fourth-order valence-electron chi connectivity index (χ4n) is 4.66. The topological polar surface area (TPSA) is 62.3 Å². The predicted molar refractivity (Wildman–Crippen MR) is 137 cm³/mol. The van der Waals surface area contributed by atoms with Gasteiger partial charge in [-0.2, -0.15) is 4.98 Å². The first-order valence-electron chi connectivity index (χ1n) is 11.9. The van der Waals surface area contributed by atoms with Crippen LogP contribution in [-0.2, 0) is 4.74 Å². The van der Waals surface area contributed by atoms with Crippen molar-refractivity contribution in [1.82, 2.24) is 15.3 Å². The number of para-hydroxylation sites is 1. The third-order valence-electron chi connectivity index (χ3n) is 6.42. The number of halogens is 4. The van der Waals surface area contributed by atoms with Crippen molar-refractivity contribution in [2.24, 2.45) is 5.92 Å². The molecule has 6 nitrogen and oxygen atoms in total. The third kappa shape index (κ3) is 7.10. The lowest BCUT2D eigenvalue weighted by molar-refractivity contribution is -0.306. The highest BCUT2D eigenvalue weighted by Gasteiger charge is 2.34. The average Bonchev–Trinajstić information content (AvgIpc) is 2.80. The largest absolute Gasteiger partial charge is 0.572 e. The van der Waals surface area contributed by atoms with Gasteiger partial charge in [0.1, 0.15) is 11.6 Å². The van der Waals surface area contributed by atoms with Crippen LogP contribution in [0.3, 0.4) is 0 Å². The van der Waals surface area contributed by atoms with E-state index < -0.39 is 6.36 Å². The molecule has 0 saturated heterocycles. The number of ether oxygens (including phenoxy) is 1. The molecule has 2 N–H and O–H groups in total. The monoisotopic (exact) mass is 553 g/mol. The fourth-order valence-corrected chi connectivity index (χ4v) is 5.11. The molecule has 1 aromatic heterocycles. The first-order valence-corrected chi connectivity index (χ1v) is 12.8. The van der Waals surface area contributed by atoms with Gasteiger partial charge in [-0.15, -0.1) is 13.2 Å². The Bertz CT molecular complexity index is 1080. The second kappa shape index (κ2) is 11.2. The average molecular weight is 554 g/mol. The molecule has 2 aromatic rings. The van der Waals surface area contributed by atoms with Crippen LogP contribution in [0, 0.1) is 5.92 Å². The Kier molecular flexibility index (Phi) is 8.21. The number of alkyl halides is 4. The molecule has 0 aliphatic heterocycles. The van der Waals surface area contributed by atoms with Gasteiger partial charge in [-0.25, -0.2) is 4.98 Å². The Balaban J connectivity index is 1.28. The van der Waals surface area contributed by atoms with Crippen molar-refractivity contribution in [1.29, 1.82) is 0 Å². The molecule has 1 aromatic carbocycles. The van der Waals surface area contributed by atoms with E-state index in [1.54, 1.807) is 6.08 Å². The van der Waals surface area contributed by atoms with Crippen LogP contribution in [0.4, 0.5) is 24.9 Å². The molecule has 0 spiro atoms. The molecule has 2 aliphatic carbocycles. The summed E-state index contributed by atoms with van der Waals surface area (Å²) in [5.74, 6) is 2.00. The summed E-state index contributed by atoms with van der Waals surface area (Å²) in [5.41, 5.74) is 1.47. The number of rotatable bonds is 8. The molecule has 1 heterocycles. The predicted octanol–water partition coefficient (Wildman–Crippen LogP) is 5.77. The van der Waals surface area contributed by atoms with Crippen molar-refractivity contribution >= 4 is 38.6 Å². The highest BCUT2D eigenvalue weighted by molar-refractivity contribution is 9.09. The van der Waals surface area contributed by atoms with Gasteiger partial charge in [0.25, 0.3) is 0 Å². The summed E-state index contributed by atoms with van der Waals surface area (Å²) in [6.07, 6.45) is 3.14. The van der Waals surface area contributed by atoms with Crippen LogP contribution < -0.4 is 15.5 Å². The molecule has 0 bridgehead atoms. The van der Waals surface area contributed by atoms with Gasteiger partial charge in [-0.3, -0.25) is 0 Å². The highest BCUT2D eigenvalue weighted by atomic mass is 79.9. The lowest BCUT2D eigenvalue weighted by Gasteiger charge is -2.30. The Hall–Kier alpha value is -2.33. The Morgan fingerprint density at radius 3 is 2.57 bits per heavy atom. The van der Waals surface area contributed by atoms with Crippen molar-refractivity contribution in [2.75, 3.05) is 37.4 Å². The number of hydrogen-bond donors (Lipinski definition) is 2. The summed E-state index contributed by atoms with van der Waals surface area (Å²) in [4.78, 5) is 11.3. The maximum absolute atomic E-state index is 12.8. The molecule has 0 radical (unpaired) electrons. The minimum Gasteiger partial charge on any atom is -0.410 e. The summed E-state index contributed by atoms with van der Waals surface area (Å²) >= 11 is 3.34. The second-order valence-corrected chi connectivity index (χ2v) is 10.5. The van der Waals surface area contributed by atoms with Crippen molar-refractivity contribution < 1.29 is 17.9 Å². The zero-order valence-corrected chi connectivity index (χ0v) is 21.5. The molecular weight excluding hydrogens is 523 g/mol. The van der Waals surface area contributed by atoms with Crippen LogP contribution >= 0.6 is 15.9 Å². The molecule has 10 heteroatoms. The van der Waals surface area contributed by atoms with Crippen LogP contribution in [-0.4, -0.2) is 54.4 Å². The molecule has 1 unspecified atom stereocenters. The molecule has 35 heavy (non-hydrogen) atoms. The summed E-state index contributed by atoms with van der Waals surface area (Å²) in [6.45, 7) is 1.12. The van der Waals surface area contributed by atoms with Crippen molar-refractivity contribution in [3.05, 3.63) is 47.7 Å². The lowest BCUT2D eigenvalue weighted by atomic mass is 9.86. The first-order chi connectivity index (χ1) is 16.7. The number of hydrogen-bond acceptors (Lipinski definition) is 6. The van der Waals surface area contributed by atoms with Gasteiger partial charge < -0.3 is 20.3 Å². The SMILES string of the molecule is CN(C)c1nc(N[C@H]2CC[C@@H](CNCC3=C(OC(F)(F)F)CC(Br)C=C3)CC2)nc2ccccc12. The number of nitrogens with one attached hydrogen (secondary N) is 2. The number of benzene rings is 1. The minimum absolute atomic E-state index is 0.0187. The van der Waals surface area contributed by atoms with Gasteiger partial charge >= 0.3 is 6.36 Å². The Morgan fingerprint density at radius 2 is 1.86 bits per heavy atom. The molecule has 0 amide bonds. The van der Waals surface area contributed by atoms with Gasteiger partial charge in [-0.1, -0.05) is 40.2 Å². The quantitative estimate of drug-likeness (QED) is 0.404. The standard InChI is InChI=1S/C25H31BrF3N5O/c1-34(2)23-20-5-3-4-6-21(20)32-24(33-23)31-19-11-7-16(8-12-19)14-30-15-17-9-10-18(26)13-22(17)35-25(27,28)29/h3-6,9-10,16,18-19,30H,7-8,11-15H2,1-2H3,(H,31,32,33)/t16-,18?,19+. The van der Waals surface area contributed by atoms with Gasteiger partial charge in [0.2, 0.25) is 5.95 Å². The van der Waals surface area contributed by atoms with Gasteiger partial charge in [-0.05, 0) is 50.3 Å². The number of allylic oxidation sites excluding steroid dienone is 2. The second-order valence-electron chi connectivity index (χ2n) is 9.35. The van der Waals surface area contributed by atoms with E-state index in [9.17, 15) is 13.2 Å². The molecule has 1 saturated carbocycles. The molecule has 1 fully saturated rings. The maximum atomic E-state index is 12.8. The lowest BCUT2D eigenvalue weighted by Crippen LogP contribution is -2.33. The number of aromatic nitrogens is 2. The van der Waals surface area contributed by atoms with Crippen LogP contribution in [0.5, 0.6) is 0 Å². The maximum Gasteiger partial charge on any atom is 0.572 e. The molecule has 1 atom stereocenters. The van der Waals surface area contributed by atoms with E-state index in [1.807, 2.05) is 49.3 Å². The zero-order chi connectivity index (χ0) is 25.0. The van der Waals surface area contributed by atoms with Gasteiger partial charge in [0.05, 0.1) is 5.52 Å². The van der Waals surface area contributed by atoms with Crippen LogP contribution in [0.15, 0.2) is 47.7 Å². The highest BCUT2D eigenvalue weighted by Crippen LogP contribution is 2.31. The van der Waals surface area contributed by atoms with E-state index in [-0.39, 0.29) is 17.0 Å². The van der Waals surface area contributed by atoms with E-state index in [1.165, 1.54) is 0 Å². The Morgan fingerprint density at radius 1 is 1.11 bits per heavy atom. The van der Waals surface area contributed by atoms with E-state index in [2.05, 4.69) is 31.3 Å². The Labute approximate surface area is 212 Å². The third-order valence-corrected chi connectivity index (χ3v) is 7.05. The smallest absolute Gasteiger partial charge is 0.410 e. The van der Waals surface area contributed by atoms with Gasteiger partial charge in [0, 0.05) is 48.9 Å². The number of fused-ring (bicyclic) bond motifs is 1. The summed E-state index contributed by atoms with van der Waals surface area (Å²) < 4.78 is 42.5. The van der Waals surface area contributed by atoms with E-state index in [0.29, 0.717) is 30.0 Å². The normalized spacial score (nSPS) is 23.0. The van der Waals surface area contributed by atoms with Crippen LogP contribution in [0.1, 0.15) is 32.1 Å². The van der Waals surface area contributed by atoms with Gasteiger partial charge in [0.15, 0.2) is 0 Å². The fraction of sp³-hybridized carbons (Fsp3) is 0.520. The molecule has 4 rings (SSSR count). The molecular formula is C25H31BrF3N5O. The summed E-state index contributed by atoms with van der Waals surface area (Å²) in [6, 6.07) is 8.30. The van der Waals surface area contributed by atoms with E-state index in [4.69, 9.17) is 9.97 Å². The van der Waals surface area contributed by atoms with E-state index in [0.717, 1.165) is 48.9 Å². The van der Waals surface area contributed by atoms with Crippen LogP contribution in [0.25, 0.3) is 10.9 Å². The van der Waals surface area contributed by atoms with Crippen molar-refractivity contribution in [3.63, 3.8) is 0 Å².